The number of oxazole rings is 1. The van der Waals surface area contributed by atoms with Crippen molar-refractivity contribution < 1.29 is 13.2 Å². The number of hydrogen-bond donors (Lipinski definition) is 1. The van der Waals surface area contributed by atoms with Gasteiger partial charge in [-0.05, 0) is 20.0 Å². The van der Waals surface area contributed by atoms with E-state index in [1.54, 1.807) is 0 Å². The van der Waals surface area contributed by atoms with Crippen LogP contribution in [0.25, 0.3) is 0 Å². The maximum Gasteiger partial charge on any atom is 0.303 e. The molecule has 0 aromatic carbocycles. The number of rotatable bonds is 5. The third-order valence-electron chi connectivity index (χ3n) is 1.80. The van der Waals surface area contributed by atoms with E-state index in [9.17, 15) is 8.78 Å². The summed E-state index contributed by atoms with van der Waals surface area (Å²) in [5.74, 6) is -2.93. The minimum Gasteiger partial charge on any atom is -0.439 e. The first-order chi connectivity index (χ1) is 6.54. The van der Waals surface area contributed by atoms with E-state index in [0.29, 0.717) is 12.3 Å². The minimum atomic E-state index is -2.94. The molecule has 0 aliphatic heterocycles. The van der Waals surface area contributed by atoms with Gasteiger partial charge in [-0.2, -0.15) is 8.78 Å². The van der Waals surface area contributed by atoms with Gasteiger partial charge in [0.15, 0.2) is 11.7 Å². The number of alkyl halides is 2. The molecule has 0 aliphatic rings. The van der Waals surface area contributed by atoms with Crippen molar-refractivity contribution in [1.82, 2.24) is 10.3 Å². The maximum absolute atomic E-state index is 12.7. The highest BCUT2D eigenvalue weighted by atomic mass is 19.3. The first-order valence-corrected chi connectivity index (χ1v) is 4.51. The number of halogens is 2. The molecule has 0 aliphatic carbocycles. The maximum atomic E-state index is 12.7. The van der Waals surface area contributed by atoms with Crippen LogP contribution in [-0.2, 0) is 12.3 Å². The Bertz CT molecular complexity index is 281. The third kappa shape index (κ3) is 3.06. The Labute approximate surface area is 81.5 Å². The quantitative estimate of drug-likeness (QED) is 0.745. The molecular formula is C9H14F2N2O. The van der Waals surface area contributed by atoms with Crippen molar-refractivity contribution in [2.45, 2.75) is 25.7 Å². The molecule has 1 aromatic rings. The molecule has 5 heteroatoms. The van der Waals surface area contributed by atoms with Crippen molar-refractivity contribution in [2.75, 3.05) is 13.6 Å². The van der Waals surface area contributed by atoms with Crippen molar-refractivity contribution in [1.29, 1.82) is 0 Å². The number of nitrogens with zero attached hydrogens (tertiary/aromatic N) is 1. The Morgan fingerprint density at radius 2 is 2.29 bits per heavy atom. The summed E-state index contributed by atoms with van der Waals surface area (Å²) in [7, 11) is 1.83. The lowest BCUT2D eigenvalue weighted by atomic mass is 10.3. The average molecular weight is 204 g/mol. The molecule has 0 saturated carbocycles. The van der Waals surface area contributed by atoms with Crippen LogP contribution in [0.1, 0.15) is 25.0 Å². The molecular weight excluding hydrogens is 190 g/mol. The van der Waals surface area contributed by atoms with Crippen molar-refractivity contribution in [3.63, 3.8) is 0 Å². The summed E-state index contributed by atoms with van der Waals surface area (Å²) in [6.07, 6.45) is 2.50. The molecule has 0 radical (unpaired) electrons. The van der Waals surface area contributed by atoms with Crippen LogP contribution >= 0.6 is 0 Å². The van der Waals surface area contributed by atoms with Crippen LogP contribution in [-0.4, -0.2) is 18.6 Å². The van der Waals surface area contributed by atoms with Crippen LogP contribution in [0.3, 0.4) is 0 Å². The molecule has 1 N–H and O–H groups in total. The second kappa shape index (κ2) is 4.50. The van der Waals surface area contributed by atoms with Crippen molar-refractivity contribution in [3.8, 4) is 0 Å². The lowest BCUT2D eigenvalue weighted by Gasteiger charge is -2.03. The molecule has 1 aromatic heterocycles. The highest BCUT2D eigenvalue weighted by Crippen LogP contribution is 2.27. The van der Waals surface area contributed by atoms with E-state index in [2.05, 4.69) is 10.3 Å². The molecule has 0 amide bonds. The molecule has 0 spiro atoms. The summed E-state index contributed by atoms with van der Waals surface area (Å²) < 4.78 is 30.3. The molecule has 14 heavy (non-hydrogen) atoms. The Morgan fingerprint density at radius 3 is 2.79 bits per heavy atom. The summed E-state index contributed by atoms with van der Waals surface area (Å²) >= 11 is 0. The van der Waals surface area contributed by atoms with Gasteiger partial charge in [-0.3, -0.25) is 0 Å². The van der Waals surface area contributed by atoms with Gasteiger partial charge >= 0.3 is 5.92 Å². The highest BCUT2D eigenvalue weighted by Gasteiger charge is 2.29. The van der Waals surface area contributed by atoms with E-state index in [4.69, 9.17) is 4.42 Å². The van der Waals surface area contributed by atoms with Gasteiger partial charge in [0.1, 0.15) is 0 Å². The molecule has 3 nitrogen and oxygen atoms in total. The van der Waals surface area contributed by atoms with Gasteiger partial charge in [-0.15, -0.1) is 0 Å². The van der Waals surface area contributed by atoms with Crippen molar-refractivity contribution >= 4 is 0 Å². The topological polar surface area (TPSA) is 38.1 Å². The fourth-order valence-electron chi connectivity index (χ4n) is 1.05. The first-order valence-electron chi connectivity index (χ1n) is 4.51. The number of hydrogen-bond acceptors (Lipinski definition) is 3. The number of aryl methyl sites for hydroxylation is 1. The molecule has 1 rings (SSSR count). The lowest BCUT2D eigenvalue weighted by Crippen LogP contribution is -2.08. The number of nitrogens with one attached hydrogen (secondary N) is 1. The molecule has 0 unspecified atom stereocenters. The van der Waals surface area contributed by atoms with E-state index in [1.807, 2.05) is 7.05 Å². The summed E-state index contributed by atoms with van der Waals surface area (Å²) in [6, 6.07) is 0. The van der Waals surface area contributed by atoms with Gasteiger partial charge in [-0.1, -0.05) is 0 Å². The van der Waals surface area contributed by atoms with Crippen LogP contribution in [0.5, 0.6) is 0 Å². The van der Waals surface area contributed by atoms with Gasteiger partial charge in [0.2, 0.25) is 0 Å². The van der Waals surface area contributed by atoms with Crippen LogP contribution in [0.4, 0.5) is 8.78 Å². The van der Waals surface area contributed by atoms with Gasteiger partial charge in [0, 0.05) is 13.3 Å². The summed E-state index contributed by atoms with van der Waals surface area (Å²) in [6.45, 7) is 1.62. The van der Waals surface area contributed by atoms with E-state index >= 15 is 0 Å². The van der Waals surface area contributed by atoms with Crippen LogP contribution < -0.4 is 5.32 Å². The van der Waals surface area contributed by atoms with E-state index in [1.165, 1.54) is 0 Å². The second-order valence-corrected chi connectivity index (χ2v) is 3.21. The standard InChI is InChI=1S/C9H14F2N2O/c1-9(10,11)7-6-13-8(14-7)4-3-5-12-2/h6,12H,3-5H2,1-2H3. The SMILES string of the molecule is CNCCCc1ncc(C(C)(F)F)o1. The van der Waals surface area contributed by atoms with Crippen LogP contribution in [0.15, 0.2) is 10.6 Å². The minimum absolute atomic E-state index is 0.364. The zero-order chi connectivity index (χ0) is 10.6. The Kier molecular flexibility index (Phi) is 3.57. The fourth-order valence-corrected chi connectivity index (χ4v) is 1.05. The largest absolute Gasteiger partial charge is 0.439 e. The van der Waals surface area contributed by atoms with E-state index in [-0.39, 0.29) is 5.76 Å². The molecule has 1 heterocycles. The van der Waals surface area contributed by atoms with Gasteiger partial charge < -0.3 is 9.73 Å². The summed E-state index contributed by atoms with van der Waals surface area (Å²) in [5, 5.41) is 2.96. The van der Waals surface area contributed by atoms with Crippen LogP contribution in [0, 0.1) is 0 Å². The average Bonchev–Trinajstić information content (AvgIpc) is 2.52. The highest BCUT2D eigenvalue weighted by molar-refractivity contribution is 5.00. The molecule has 0 fully saturated rings. The van der Waals surface area contributed by atoms with Gasteiger partial charge in [0.25, 0.3) is 0 Å². The summed E-state index contributed by atoms with van der Waals surface area (Å²) in [5.41, 5.74) is 0. The molecule has 0 bridgehead atoms. The van der Waals surface area contributed by atoms with Crippen LogP contribution in [0.2, 0.25) is 0 Å². The van der Waals surface area contributed by atoms with E-state index < -0.39 is 5.92 Å². The van der Waals surface area contributed by atoms with E-state index in [0.717, 1.165) is 26.1 Å². The molecule has 0 atom stereocenters. The Balaban J connectivity index is 2.51. The lowest BCUT2D eigenvalue weighted by molar-refractivity contribution is -0.00626. The molecule has 80 valence electrons. The van der Waals surface area contributed by atoms with Gasteiger partial charge in [-0.25, -0.2) is 4.98 Å². The third-order valence-corrected chi connectivity index (χ3v) is 1.80. The smallest absolute Gasteiger partial charge is 0.303 e. The van der Waals surface area contributed by atoms with Crippen molar-refractivity contribution in [3.05, 3.63) is 17.8 Å². The van der Waals surface area contributed by atoms with Gasteiger partial charge in [0.05, 0.1) is 6.20 Å². The zero-order valence-corrected chi connectivity index (χ0v) is 8.31. The fraction of sp³-hybridized carbons (Fsp3) is 0.667. The number of aromatic nitrogens is 1. The molecule has 0 saturated heterocycles. The predicted molar refractivity (Wildman–Crippen MR) is 48.3 cm³/mol. The van der Waals surface area contributed by atoms with Crippen molar-refractivity contribution in [2.24, 2.45) is 0 Å². The second-order valence-electron chi connectivity index (χ2n) is 3.21. The zero-order valence-electron chi connectivity index (χ0n) is 8.31. The summed E-state index contributed by atoms with van der Waals surface area (Å²) in [4.78, 5) is 3.78. The monoisotopic (exact) mass is 204 g/mol. The Hall–Kier alpha value is -0.970. The normalized spacial score (nSPS) is 12.0. The first kappa shape index (κ1) is 11.1. The Morgan fingerprint density at radius 1 is 1.57 bits per heavy atom. The predicted octanol–water partition coefficient (Wildman–Crippen LogP) is 1.94.